The molecule has 1 spiro atoms. The molecule has 0 radical (unpaired) electrons. The maximum Gasteiger partial charge on any atom is 0.126 e. The van der Waals surface area contributed by atoms with Crippen LogP contribution in [0.2, 0.25) is 0 Å². The van der Waals surface area contributed by atoms with Crippen LogP contribution in [0.5, 0.6) is 0 Å². The van der Waals surface area contributed by atoms with Gasteiger partial charge in [-0.25, -0.2) is 4.39 Å². The Kier molecular flexibility index (Phi) is 3.83. The third kappa shape index (κ3) is 2.38. The van der Waals surface area contributed by atoms with E-state index in [-0.39, 0.29) is 11.2 Å². The number of likely N-dealkylation sites (tertiary alicyclic amines) is 1. The lowest BCUT2D eigenvalue weighted by atomic mass is 9.61. The molecule has 2 fully saturated rings. The van der Waals surface area contributed by atoms with Crippen molar-refractivity contribution in [2.45, 2.75) is 38.1 Å². The molecule has 3 unspecified atom stereocenters. The fourth-order valence-corrected chi connectivity index (χ4v) is 4.18. The van der Waals surface area contributed by atoms with Gasteiger partial charge in [-0.2, -0.15) is 0 Å². The van der Waals surface area contributed by atoms with Crippen molar-refractivity contribution in [1.82, 2.24) is 10.2 Å². The van der Waals surface area contributed by atoms with E-state index in [0.29, 0.717) is 12.0 Å². The number of piperidine rings is 2. The molecule has 0 bridgehead atoms. The molecule has 3 atom stereocenters. The Morgan fingerprint density at radius 1 is 1.30 bits per heavy atom. The van der Waals surface area contributed by atoms with Gasteiger partial charge in [-0.05, 0) is 63.4 Å². The van der Waals surface area contributed by atoms with Crippen molar-refractivity contribution in [1.29, 1.82) is 0 Å². The van der Waals surface area contributed by atoms with Crippen LogP contribution >= 0.6 is 0 Å². The van der Waals surface area contributed by atoms with Crippen molar-refractivity contribution < 1.29 is 4.39 Å². The molecular weight excluding hydrogens is 251 g/mol. The van der Waals surface area contributed by atoms with Crippen LogP contribution in [-0.2, 0) is 0 Å². The first-order valence-corrected chi connectivity index (χ1v) is 7.78. The second-order valence-corrected chi connectivity index (χ2v) is 6.67. The molecule has 2 heterocycles. The highest BCUT2D eigenvalue weighted by Gasteiger charge is 2.45. The molecule has 3 heteroatoms. The molecule has 20 heavy (non-hydrogen) atoms. The van der Waals surface area contributed by atoms with E-state index in [4.69, 9.17) is 0 Å². The van der Waals surface area contributed by atoms with Crippen molar-refractivity contribution in [3.63, 3.8) is 0 Å². The molecular formula is C17H25FN2. The van der Waals surface area contributed by atoms with Crippen molar-refractivity contribution in [3.05, 3.63) is 35.6 Å². The van der Waals surface area contributed by atoms with Crippen LogP contribution in [-0.4, -0.2) is 37.6 Å². The van der Waals surface area contributed by atoms with Crippen molar-refractivity contribution in [2.75, 3.05) is 26.7 Å². The molecule has 2 saturated heterocycles. The smallest absolute Gasteiger partial charge is 0.126 e. The maximum atomic E-state index is 14.2. The molecule has 2 aliphatic rings. The molecule has 0 amide bonds. The first kappa shape index (κ1) is 14.0. The van der Waals surface area contributed by atoms with Gasteiger partial charge in [-0.1, -0.05) is 18.2 Å². The van der Waals surface area contributed by atoms with Crippen LogP contribution in [0.3, 0.4) is 0 Å². The Morgan fingerprint density at radius 2 is 2.10 bits per heavy atom. The lowest BCUT2D eigenvalue weighted by molar-refractivity contribution is 0.0311. The fourth-order valence-electron chi connectivity index (χ4n) is 4.18. The number of hydrogen-bond acceptors (Lipinski definition) is 2. The first-order valence-electron chi connectivity index (χ1n) is 7.78. The van der Waals surface area contributed by atoms with E-state index >= 15 is 0 Å². The average molecular weight is 276 g/mol. The minimum Gasteiger partial charge on any atom is -0.316 e. The van der Waals surface area contributed by atoms with Crippen LogP contribution < -0.4 is 5.32 Å². The predicted molar refractivity (Wildman–Crippen MR) is 80.4 cm³/mol. The normalized spacial score (nSPS) is 35.4. The average Bonchev–Trinajstić information content (AvgIpc) is 2.45. The molecule has 3 rings (SSSR count). The largest absolute Gasteiger partial charge is 0.316 e. The summed E-state index contributed by atoms with van der Waals surface area (Å²) in [6.07, 6.45) is 3.54. The number of nitrogens with zero attached hydrogens (tertiary/aromatic N) is 1. The lowest BCUT2D eigenvalue weighted by Crippen LogP contribution is -2.52. The zero-order valence-electron chi connectivity index (χ0n) is 12.5. The van der Waals surface area contributed by atoms with E-state index in [1.54, 1.807) is 12.1 Å². The van der Waals surface area contributed by atoms with Crippen LogP contribution in [0.1, 0.15) is 37.7 Å². The second kappa shape index (κ2) is 5.45. The Bertz CT molecular complexity index is 476. The highest BCUT2D eigenvalue weighted by Crippen LogP contribution is 2.50. The van der Waals surface area contributed by atoms with Crippen LogP contribution in [0.4, 0.5) is 4.39 Å². The number of nitrogens with one attached hydrogen (secondary N) is 1. The molecule has 1 aromatic carbocycles. The quantitative estimate of drug-likeness (QED) is 0.848. The molecule has 0 aliphatic carbocycles. The van der Waals surface area contributed by atoms with E-state index in [9.17, 15) is 4.39 Å². The maximum absolute atomic E-state index is 14.2. The number of halogens is 1. The summed E-state index contributed by atoms with van der Waals surface area (Å²) in [5.74, 6) is 0.278. The van der Waals surface area contributed by atoms with Gasteiger partial charge in [-0.3, -0.25) is 0 Å². The van der Waals surface area contributed by atoms with Crippen LogP contribution in [0.15, 0.2) is 24.3 Å². The molecule has 110 valence electrons. The Morgan fingerprint density at radius 3 is 2.85 bits per heavy atom. The molecule has 1 N–H and O–H groups in total. The minimum absolute atomic E-state index is 0.0350. The summed E-state index contributed by atoms with van der Waals surface area (Å²) in [4.78, 5) is 2.44. The van der Waals surface area contributed by atoms with Crippen molar-refractivity contribution in [2.24, 2.45) is 5.41 Å². The zero-order chi connectivity index (χ0) is 14.2. The monoisotopic (exact) mass is 276 g/mol. The number of rotatable bonds is 1. The summed E-state index contributed by atoms with van der Waals surface area (Å²) in [5, 5.41) is 3.48. The summed E-state index contributed by atoms with van der Waals surface area (Å²) in [5.41, 5.74) is 1.19. The lowest BCUT2D eigenvalue weighted by Gasteiger charge is -2.51. The fraction of sp³-hybridized carbons (Fsp3) is 0.647. The van der Waals surface area contributed by atoms with Crippen molar-refractivity contribution in [3.8, 4) is 0 Å². The number of benzene rings is 1. The van der Waals surface area contributed by atoms with Crippen LogP contribution in [0, 0.1) is 11.2 Å². The van der Waals surface area contributed by atoms with Gasteiger partial charge < -0.3 is 10.2 Å². The predicted octanol–water partition coefficient (Wildman–Crippen LogP) is 3.00. The summed E-state index contributed by atoms with van der Waals surface area (Å²) in [6, 6.07) is 7.95. The molecule has 1 aromatic rings. The second-order valence-electron chi connectivity index (χ2n) is 6.67. The van der Waals surface area contributed by atoms with E-state index in [0.717, 1.165) is 25.2 Å². The van der Waals surface area contributed by atoms with Gasteiger partial charge in [0.25, 0.3) is 0 Å². The van der Waals surface area contributed by atoms with Gasteiger partial charge >= 0.3 is 0 Å². The van der Waals surface area contributed by atoms with E-state index in [2.05, 4.69) is 24.2 Å². The topological polar surface area (TPSA) is 15.3 Å². The molecule has 2 nitrogen and oxygen atoms in total. The third-order valence-electron chi connectivity index (χ3n) is 5.58. The zero-order valence-corrected chi connectivity index (χ0v) is 12.5. The van der Waals surface area contributed by atoms with E-state index in [1.165, 1.54) is 19.3 Å². The van der Waals surface area contributed by atoms with Gasteiger partial charge in [0, 0.05) is 18.5 Å². The summed E-state index contributed by atoms with van der Waals surface area (Å²) in [6.45, 7) is 5.42. The molecule has 2 aliphatic heterocycles. The van der Waals surface area contributed by atoms with Gasteiger partial charge in [0.1, 0.15) is 5.82 Å². The Hall–Kier alpha value is -0.930. The standard InChI is InChI=1S/C17H25FN2/c1-13-11-17(8-10-20(13)2)7-9-19-12-15(17)14-5-3-4-6-16(14)18/h3-6,13,15,19H,7-12H2,1-2H3. The van der Waals surface area contributed by atoms with Crippen LogP contribution in [0.25, 0.3) is 0 Å². The minimum atomic E-state index is -0.0350. The molecule has 0 saturated carbocycles. The Balaban J connectivity index is 1.94. The van der Waals surface area contributed by atoms with Crippen molar-refractivity contribution >= 4 is 0 Å². The van der Waals surface area contributed by atoms with Gasteiger partial charge in [0.15, 0.2) is 0 Å². The first-order chi connectivity index (χ1) is 9.62. The SMILES string of the molecule is CC1CC2(CCNCC2c2ccccc2F)CCN1C. The third-order valence-corrected chi connectivity index (χ3v) is 5.58. The van der Waals surface area contributed by atoms with Gasteiger partial charge in [0.05, 0.1) is 0 Å². The number of hydrogen-bond donors (Lipinski definition) is 1. The highest BCUT2D eigenvalue weighted by atomic mass is 19.1. The van der Waals surface area contributed by atoms with E-state index in [1.807, 2.05) is 12.1 Å². The summed E-state index contributed by atoms with van der Waals surface area (Å²) >= 11 is 0. The summed E-state index contributed by atoms with van der Waals surface area (Å²) < 4.78 is 14.2. The highest BCUT2D eigenvalue weighted by molar-refractivity contribution is 5.26. The van der Waals surface area contributed by atoms with Gasteiger partial charge in [0.2, 0.25) is 0 Å². The summed E-state index contributed by atoms with van der Waals surface area (Å²) in [7, 11) is 2.21. The van der Waals surface area contributed by atoms with Gasteiger partial charge in [-0.15, -0.1) is 0 Å². The Labute approximate surface area is 121 Å². The molecule has 0 aromatic heterocycles. The van der Waals surface area contributed by atoms with E-state index < -0.39 is 0 Å².